The molecule has 1 atom stereocenters. The van der Waals surface area contributed by atoms with Gasteiger partial charge in [0.05, 0.1) is 5.92 Å². The third kappa shape index (κ3) is 4.05. The van der Waals surface area contributed by atoms with Crippen molar-refractivity contribution in [3.63, 3.8) is 0 Å². The van der Waals surface area contributed by atoms with Gasteiger partial charge in [0, 0.05) is 13.1 Å². The average Bonchev–Trinajstić information content (AvgIpc) is 3.06. The summed E-state index contributed by atoms with van der Waals surface area (Å²) in [5.41, 5.74) is 0. The Hall–Kier alpha value is -2.00. The van der Waals surface area contributed by atoms with Gasteiger partial charge in [0.15, 0.2) is 5.82 Å². The van der Waals surface area contributed by atoms with Gasteiger partial charge >= 0.3 is 0 Å². The predicted molar refractivity (Wildman–Crippen MR) is 83.6 cm³/mol. The lowest BCUT2D eigenvalue weighted by molar-refractivity contribution is -0.127. The van der Waals surface area contributed by atoms with Crippen molar-refractivity contribution < 1.29 is 9.32 Å². The van der Waals surface area contributed by atoms with Gasteiger partial charge in [-0.1, -0.05) is 19.0 Å². The van der Waals surface area contributed by atoms with Crippen molar-refractivity contribution in [1.82, 2.24) is 36.0 Å². The maximum atomic E-state index is 12.2. The van der Waals surface area contributed by atoms with Crippen LogP contribution in [0.5, 0.6) is 0 Å². The van der Waals surface area contributed by atoms with Gasteiger partial charge in [0.2, 0.25) is 17.6 Å². The molecule has 1 amide bonds. The Morgan fingerprint density at radius 2 is 2.26 bits per heavy atom. The number of rotatable bonds is 6. The zero-order chi connectivity index (χ0) is 15.5. The van der Waals surface area contributed by atoms with Crippen molar-refractivity contribution in [2.75, 3.05) is 13.1 Å². The molecule has 23 heavy (non-hydrogen) atoms. The highest BCUT2D eigenvalue weighted by atomic mass is 35.5. The van der Waals surface area contributed by atoms with Crippen LogP contribution in [0.2, 0.25) is 0 Å². The second-order valence-electron chi connectivity index (χ2n) is 5.84. The van der Waals surface area contributed by atoms with E-state index in [9.17, 15) is 4.79 Å². The highest BCUT2D eigenvalue weighted by Crippen LogP contribution is 2.22. The summed E-state index contributed by atoms with van der Waals surface area (Å²) in [6.45, 7) is 5.59. The van der Waals surface area contributed by atoms with E-state index in [1.54, 1.807) is 0 Å². The van der Waals surface area contributed by atoms with Gasteiger partial charge < -0.3 is 15.2 Å². The van der Waals surface area contributed by atoms with Crippen LogP contribution in [-0.2, 0) is 4.79 Å². The summed E-state index contributed by atoms with van der Waals surface area (Å²) in [7, 11) is 0. The Balaban J connectivity index is 0.00000192. The van der Waals surface area contributed by atoms with Crippen molar-refractivity contribution >= 4 is 18.3 Å². The van der Waals surface area contributed by atoms with E-state index in [4.69, 9.17) is 4.52 Å². The van der Waals surface area contributed by atoms with Gasteiger partial charge in [0.1, 0.15) is 12.4 Å². The van der Waals surface area contributed by atoms with Crippen molar-refractivity contribution in [3.05, 3.63) is 12.2 Å². The van der Waals surface area contributed by atoms with Crippen molar-refractivity contribution in [3.8, 4) is 11.6 Å². The minimum absolute atomic E-state index is 0. The monoisotopic (exact) mass is 341 g/mol. The Bertz CT molecular complexity index is 624. The molecule has 10 heteroatoms. The van der Waals surface area contributed by atoms with Crippen LogP contribution in [0, 0.1) is 11.8 Å². The summed E-state index contributed by atoms with van der Waals surface area (Å²) in [4.78, 5) is 20.5. The Labute approximate surface area is 139 Å². The molecule has 1 aliphatic rings. The lowest BCUT2D eigenvalue weighted by atomic mass is 9.99. The topological polar surface area (TPSA) is 122 Å². The molecule has 2 aromatic rings. The van der Waals surface area contributed by atoms with E-state index in [0.717, 1.165) is 6.42 Å². The number of H-pyrrole nitrogens is 1. The largest absolute Gasteiger partial charge is 0.344 e. The van der Waals surface area contributed by atoms with Gasteiger partial charge in [0.25, 0.3) is 0 Å². The van der Waals surface area contributed by atoms with E-state index >= 15 is 0 Å². The van der Waals surface area contributed by atoms with E-state index in [2.05, 4.69) is 49.8 Å². The average molecular weight is 342 g/mol. The van der Waals surface area contributed by atoms with Crippen molar-refractivity contribution in [2.24, 2.45) is 11.8 Å². The first kappa shape index (κ1) is 17.4. The molecule has 2 aromatic heterocycles. The zero-order valence-electron chi connectivity index (χ0n) is 12.9. The standard InChI is InChI=1S/C13H19N7O2.ClH/c1-7(2)3-9(17-12(21)8-4-14-5-8)13-18-11(20-22-13)10-15-6-16-19-10;/h6-9,14H,3-5H2,1-2H3,(H,17,21)(H,15,16,19);1H. The fourth-order valence-electron chi connectivity index (χ4n) is 2.24. The molecule has 1 saturated heterocycles. The Morgan fingerprint density at radius 3 is 2.83 bits per heavy atom. The van der Waals surface area contributed by atoms with E-state index in [1.165, 1.54) is 6.33 Å². The third-order valence-corrected chi connectivity index (χ3v) is 3.54. The Kier molecular flexibility index (Phi) is 5.67. The number of aromatic amines is 1. The van der Waals surface area contributed by atoms with Gasteiger partial charge in [-0.3, -0.25) is 9.89 Å². The summed E-state index contributed by atoms with van der Waals surface area (Å²) in [5.74, 6) is 1.58. The number of halogens is 1. The third-order valence-electron chi connectivity index (χ3n) is 3.54. The lowest BCUT2D eigenvalue weighted by Crippen LogP contribution is -2.51. The number of carbonyl (C=O) groups is 1. The van der Waals surface area contributed by atoms with Crippen LogP contribution in [-0.4, -0.2) is 44.3 Å². The molecule has 0 saturated carbocycles. The first-order valence-electron chi connectivity index (χ1n) is 7.34. The van der Waals surface area contributed by atoms with Crippen LogP contribution in [0.1, 0.15) is 32.2 Å². The predicted octanol–water partition coefficient (Wildman–Crippen LogP) is 0.699. The smallest absolute Gasteiger partial charge is 0.249 e. The first-order valence-corrected chi connectivity index (χ1v) is 7.34. The molecule has 0 spiro atoms. The quantitative estimate of drug-likeness (QED) is 0.706. The van der Waals surface area contributed by atoms with Crippen LogP contribution >= 0.6 is 12.4 Å². The van der Waals surface area contributed by atoms with Crippen molar-refractivity contribution in [2.45, 2.75) is 26.3 Å². The SMILES string of the molecule is CC(C)CC(NC(=O)C1CNC1)c1nc(-c2ncn[nH]2)no1.Cl. The fraction of sp³-hybridized carbons (Fsp3) is 0.615. The van der Waals surface area contributed by atoms with Crippen LogP contribution in [0.15, 0.2) is 10.9 Å². The molecule has 3 N–H and O–H groups in total. The molecule has 1 aliphatic heterocycles. The van der Waals surface area contributed by atoms with Crippen LogP contribution in [0.25, 0.3) is 11.6 Å². The van der Waals surface area contributed by atoms with E-state index in [-0.39, 0.29) is 30.3 Å². The highest BCUT2D eigenvalue weighted by Gasteiger charge is 2.29. The molecular formula is C13H20ClN7O2. The summed E-state index contributed by atoms with van der Waals surface area (Å²) in [5, 5.41) is 16.4. The summed E-state index contributed by atoms with van der Waals surface area (Å²) < 4.78 is 5.30. The summed E-state index contributed by atoms with van der Waals surface area (Å²) in [6.07, 6.45) is 2.10. The van der Waals surface area contributed by atoms with Crippen LogP contribution in [0.3, 0.4) is 0 Å². The van der Waals surface area contributed by atoms with E-state index in [0.29, 0.717) is 36.5 Å². The number of nitrogens with one attached hydrogen (secondary N) is 3. The molecule has 0 bridgehead atoms. The number of hydrogen-bond acceptors (Lipinski definition) is 7. The van der Waals surface area contributed by atoms with E-state index < -0.39 is 0 Å². The second kappa shape index (κ2) is 7.51. The minimum Gasteiger partial charge on any atom is -0.344 e. The lowest BCUT2D eigenvalue weighted by Gasteiger charge is -2.28. The molecule has 3 heterocycles. The van der Waals surface area contributed by atoms with E-state index in [1.807, 2.05) is 0 Å². The number of aromatic nitrogens is 5. The van der Waals surface area contributed by atoms with Gasteiger partial charge in [-0.15, -0.1) is 12.4 Å². The van der Waals surface area contributed by atoms with Crippen LogP contribution in [0.4, 0.5) is 0 Å². The molecular weight excluding hydrogens is 322 g/mol. The maximum absolute atomic E-state index is 12.2. The molecule has 0 aromatic carbocycles. The molecule has 126 valence electrons. The second-order valence-corrected chi connectivity index (χ2v) is 5.84. The zero-order valence-corrected chi connectivity index (χ0v) is 13.8. The molecule has 1 fully saturated rings. The highest BCUT2D eigenvalue weighted by molar-refractivity contribution is 5.85. The van der Waals surface area contributed by atoms with Gasteiger partial charge in [-0.25, -0.2) is 4.98 Å². The van der Waals surface area contributed by atoms with Gasteiger partial charge in [-0.05, 0) is 12.3 Å². The fourth-order valence-corrected chi connectivity index (χ4v) is 2.24. The maximum Gasteiger partial charge on any atom is 0.249 e. The van der Waals surface area contributed by atoms with Gasteiger partial charge in [-0.2, -0.15) is 10.1 Å². The minimum atomic E-state index is -0.294. The van der Waals surface area contributed by atoms with Crippen LogP contribution < -0.4 is 10.6 Å². The number of nitrogens with zero attached hydrogens (tertiary/aromatic N) is 4. The molecule has 0 radical (unpaired) electrons. The summed E-state index contributed by atoms with van der Waals surface area (Å²) in [6, 6.07) is -0.294. The number of carbonyl (C=O) groups excluding carboxylic acids is 1. The molecule has 3 rings (SSSR count). The number of amides is 1. The molecule has 1 unspecified atom stereocenters. The Morgan fingerprint density at radius 1 is 1.48 bits per heavy atom. The first-order chi connectivity index (χ1) is 10.6. The molecule has 9 nitrogen and oxygen atoms in total. The number of hydrogen-bond donors (Lipinski definition) is 3. The molecule has 0 aliphatic carbocycles. The normalized spacial score (nSPS) is 15.8. The summed E-state index contributed by atoms with van der Waals surface area (Å²) >= 11 is 0. The van der Waals surface area contributed by atoms with Crippen molar-refractivity contribution in [1.29, 1.82) is 0 Å².